The second-order valence-corrected chi connectivity index (χ2v) is 14.7. The molecule has 0 unspecified atom stereocenters. The molecule has 5 aromatic rings. The maximum atomic E-state index is 4.57. The van der Waals surface area contributed by atoms with Crippen molar-refractivity contribution in [1.82, 2.24) is 0 Å². The molecule has 0 spiro atoms. The summed E-state index contributed by atoms with van der Waals surface area (Å²) in [5.41, 5.74) is 7.04. The zero-order valence-corrected chi connectivity index (χ0v) is 30.1. The van der Waals surface area contributed by atoms with Gasteiger partial charge in [-0.3, -0.25) is 4.99 Å². The van der Waals surface area contributed by atoms with Gasteiger partial charge in [-0.05, 0) is 86.3 Å². The summed E-state index contributed by atoms with van der Waals surface area (Å²) in [7, 11) is 12.1. The van der Waals surface area contributed by atoms with Crippen LogP contribution in [-0.2, 0) is 6.54 Å². The smallest absolute Gasteiger partial charge is 0.169 e. The number of fused-ring (bicyclic) bond motifs is 2. The number of aromatic nitrogens is 1. The van der Waals surface area contributed by atoms with Crippen molar-refractivity contribution in [2.75, 3.05) is 56.0 Å². The third kappa shape index (κ3) is 10.2. The van der Waals surface area contributed by atoms with Crippen molar-refractivity contribution in [2.45, 2.75) is 6.54 Å². The molecule has 244 valence electrons. The standard InChI is InChI=1S/C42H45N4S2/c1-6-33(7-9-35-11-13-39-31-41(44(2)3)17-15-37(39)29-35)19-22-43-23-27-47-48-28-26-46-24-20-34(21-25-46)8-10-36-12-14-40-32-42(45(4)5)18-16-38(40)30-36/h6-22,24-25,29-32H,1,23,26-28H2,2-5H3/q+1/b9-7+,33-19+,43-22?. The van der Waals surface area contributed by atoms with Gasteiger partial charge in [-0.25, -0.2) is 4.57 Å². The van der Waals surface area contributed by atoms with E-state index in [-0.39, 0.29) is 0 Å². The average molecular weight is 670 g/mol. The molecule has 48 heavy (non-hydrogen) atoms. The summed E-state index contributed by atoms with van der Waals surface area (Å²) in [6.45, 7) is 5.74. The number of pyridine rings is 1. The predicted molar refractivity (Wildman–Crippen MR) is 218 cm³/mol. The van der Waals surface area contributed by atoms with Crippen LogP contribution in [0.5, 0.6) is 0 Å². The lowest BCUT2D eigenvalue weighted by Crippen LogP contribution is -2.33. The largest absolute Gasteiger partial charge is 0.378 e. The summed E-state index contributed by atoms with van der Waals surface area (Å²) in [6, 6.07) is 30.7. The van der Waals surface area contributed by atoms with E-state index in [0.29, 0.717) is 0 Å². The SMILES string of the molecule is C=CC(/C=C/c1ccc2cc(N(C)C)ccc2c1)=C\C=NCCSSCC[n+]1ccc(/C=C/c2ccc3cc(N(C)C)ccc3c2)cc1. The van der Waals surface area contributed by atoms with Crippen LogP contribution in [0.3, 0.4) is 0 Å². The van der Waals surface area contributed by atoms with Gasteiger partial charge in [-0.1, -0.05) is 94.9 Å². The summed E-state index contributed by atoms with van der Waals surface area (Å²) in [5, 5.41) is 5.00. The quantitative estimate of drug-likeness (QED) is 0.0364. The Bertz CT molecular complexity index is 1950. The number of rotatable bonds is 15. The number of benzene rings is 4. The van der Waals surface area contributed by atoms with Gasteiger partial charge in [0, 0.05) is 70.2 Å². The zero-order valence-electron chi connectivity index (χ0n) is 28.4. The van der Waals surface area contributed by atoms with E-state index in [1.807, 2.05) is 40.0 Å². The fraction of sp³-hybridized carbons (Fsp3) is 0.190. The van der Waals surface area contributed by atoms with Crippen molar-refractivity contribution in [3.63, 3.8) is 0 Å². The molecule has 0 atom stereocenters. The Kier molecular flexibility index (Phi) is 12.7. The summed E-state index contributed by atoms with van der Waals surface area (Å²) in [5.74, 6) is 2.04. The Morgan fingerprint density at radius 3 is 1.81 bits per heavy atom. The fourth-order valence-corrected chi connectivity index (χ4v) is 6.99. The molecule has 0 saturated heterocycles. The first-order valence-electron chi connectivity index (χ1n) is 16.2. The molecule has 6 heteroatoms. The first-order chi connectivity index (χ1) is 23.4. The van der Waals surface area contributed by atoms with E-state index in [2.05, 4.69) is 176 Å². The second-order valence-electron chi connectivity index (χ2n) is 12.0. The molecular formula is C42H45N4S2+. The Balaban J connectivity index is 0.995. The van der Waals surface area contributed by atoms with E-state index >= 15 is 0 Å². The van der Waals surface area contributed by atoms with Crippen LogP contribution in [0, 0.1) is 0 Å². The van der Waals surface area contributed by atoms with E-state index in [9.17, 15) is 0 Å². The molecule has 0 N–H and O–H groups in total. The minimum absolute atomic E-state index is 0.796. The third-order valence-corrected chi connectivity index (χ3v) is 10.4. The van der Waals surface area contributed by atoms with Gasteiger partial charge in [0.2, 0.25) is 0 Å². The first kappa shape index (κ1) is 34.8. The molecule has 0 aliphatic rings. The summed E-state index contributed by atoms with van der Waals surface area (Å²) in [4.78, 5) is 8.83. The van der Waals surface area contributed by atoms with Gasteiger partial charge in [0.25, 0.3) is 0 Å². The normalized spacial score (nSPS) is 12.2. The minimum Gasteiger partial charge on any atom is -0.378 e. The highest BCUT2D eigenvalue weighted by Crippen LogP contribution is 2.24. The highest BCUT2D eigenvalue weighted by molar-refractivity contribution is 8.76. The molecule has 0 aliphatic heterocycles. The van der Waals surface area contributed by atoms with Crippen molar-refractivity contribution in [2.24, 2.45) is 4.99 Å². The Hall–Kier alpha value is -4.52. The minimum atomic E-state index is 0.796. The van der Waals surface area contributed by atoms with Crippen LogP contribution in [0.1, 0.15) is 16.7 Å². The summed E-state index contributed by atoms with van der Waals surface area (Å²) in [6.07, 6.45) is 18.7. The number of nitrogens with zero attached hydrogens (tertiary/aromatic N) is 4. The van der Waals surface area contributed by atoms with Crippen LogP contribution < -0.4 is 14.4 Å². The Labute approximate surface area is 294 Å². The highest BCUT2D eigenvalue weighted by Gasteiger charge is 2.03. The molecule has 0 saturated carbocycles. The molecule has 0 amide bonds. The number of anilines is 2. The number of aryl methyl sites for hydroxylation is 1. The van der Waals surface area contributed by atoms with Gasteiger partial charge in [0.05, 0.1) is 5.75 Å². The molecule has 0 fully saturated rings. The van der Waals surface area contributed by atoms with Crippen molar-refractivity contribution in [3.8, 4) is 0 Å². The van der Waals surface area contributed by atoms with E-state index < -0.39 is 0 Å². The maximum absolute atomic E-state index is 4.57. The summed E-state index contributed by atoms with van der Waals surface area (Å²) < 4.78 is 2.25. The molecule has 0 aliphatic carbocycles. The first-order valence-corrected chi connectivity index (χ1v) is 18.7. The lowest BCUT2D eigenvalue weighted by molar-refractivity contribution is -0.692. The summed E-state index contributed by atoms with van der Waals surface area (Å²) >= 11 is 0. The average Bonchev–Trinajstić information content (AvgIpc) is 3.11. The molecule has 1 aromatic heterocycles. The van der Waals surface area contributed by atoms with Gasteiger partial charge < -0.3 is 9.80 Å². The van der Waals surface area contributed by atoms with E-state index in [1.165, 1.54) is 49.6 Å². The predicted octanol–water partition coefficient (Wildman–Crippen LogP) is 9.86. The van der Waals surface area contributed by atoms with Gasteiger partial charge in [-0.15, -0.1) is 0 Å². The molecule has 4 aromatic carbocycles. The van der Waals surface area contributed by atoms with Gasteiger partial charge >= 0.3 is 0 Å². The number of hydrogen-bond acceptors (Lipinski definition) is 5. The molecule has 0 radical (unpaired) electrons. The van der Waals surface area contributed by atoms with Gasteiger partial charge in [-0.2, -0.15) is 0 Å². The van der Waals surface area contributed by atoms with Gasteiger partial charge in [0.15, 0.2) is 18.9 Å². The van der Waals surface area contributed by atoms with Crippen molar-refractivity contribution < 1.29 is 4.57 Å². The lowest BCUT2D eigenvalue weighted by Gasteiger charge is -2.13. The third-order valence-electron chi connectivity index (χ3n) is 8.01. The Morgan fingerprint density at radius 2 is 1.21 bits per heavy atom. The van der Waals surface area contributed by atoms with Gasteiger partial charge in [0.1, 0.15) is 0 Å². The molecular weight excluding hydrogens is 625 g/mol. The maximum Gasteiger partial charge on any atom is 0.169 e. The van der Waals surface area contributed by atoms with Crippen LogP contribution in [0.4, 0.5) is 11.4 Å². The van der Waals surface area contributed by atoms with Crippen molar-refractivity contribution >= 4 is 79.0 Å². The fourth-order valence-electron chi connectivity index (χ4n) is 5.14. The highest BCUT2D eigenvalue weighted by atomic mass is 33.1. The van der Waals surface area contributed by atoms with Crippen LogP contribution in [0.25, 0.3) is 39.8 Å². The molecule has 5 rings (SSSR count). The number of hydrogen-bond donors (Lipinski definition) is 0. The van der Waals surface area contributed by atoms with Crippen LogP contribution >= 0.6 is 21.6 Å². The Morgan fingerprint density at radius 1 is 0.667 bits per heavy atom. The zero-order chi connectivity index (χ0) is 33.7. The molecule has 4 nitrogen and oxygen atoms in total. The van der Waals surface area contributed by atoms with Crippen LogP contribution in [-0.4, -0.2) is 52.5 Å². The van der Waals surface area contributed by atoms with Crippen molar-refractivity contribution in [3.05, 3.63) is 144 Å². The van der Waals surface area contributed by atoms with Crippen LogP contribution in [0.15, 0.2) is 133 Å². The van der Waals surface area contributed by atoms with Crippen molar-refractivity contribution in [1.29, 1.82) is 0 Å². The van der Waals surface area contributed by atoms with E-state index in [1.54, 1.807) is 0 Å². The second kappa shape index (κ2) is 17.6. The van der Waals surface area contributed by atoms with E-state index in [4.69, 9.17) is 0 Å². The topological polar surface area (TPSA) is 22.7 Å². The van der Waals surface area contributed by atoms with Crippen LogP contribution in [0.2, 0.25) is 0 Å². The molecule has 0 bridgehead atoms. The lowest BCUT2D eigenvalue weighted by atomic mass is 10.0. The molecule has 1 heterocycles. The number of aliphatic imine (C=N–C) groups is 1. The number of allylic oxidation sites excluding steroid dienone is 4. The monoisotopic (exact) mass is 669 g/mol. The van der Waals surface area contributed by atoms with E-state index in [0.717, 1.165) is 30.2 Å².